The molecule has 0 radical (unpaired) electrons. The number of hydrogen-bond acceptors (Lipinski definition) is 3. The van der Waals surface area contributed by atoms with Crippen molar-refractivity contribution in [1.29, 1.82) is 0 Å². The summed E-state index contributed by atoms with van der Waals surface area (Å²) >= 11 is 0. The summed E-state index contributed by atoms with van der Waals surface area (Å²) in [5, 5.41) is 3.09. The summed E-state index contributed by atoms with van der Waals surface area (Å²) in [6.07, 6.45) is 3.08. The van der Waals surface area contributed by atoms with E-state index in [1.54, 1.807) is 12.1 Å². The van der Waals surface area contributed by atoms with Gasteiger partial charge in [0.15, 0.2) is 0 Å². The van der Waals surface area contributed by atoms with E-state index in [-0.39, 0.29) is 42.0 Å². The fourth-order valence-corrected chi connectivity index (χ4v) is 3.92. The van der Waals surface area contributed by atoms with E-state index in [1.165, 1.54) is 6.07 Å². The van der Waals surface area contributed by atoms with Gasteiger partial charge in [-0.25, -0.2) is 4.39 Å². The Balaban J connectivity index is 0.00000261. The van der Waals surface area contributed by atoms with Crippen LogP contribution in [0.1, 0.15) is 31.7 Å². The first-order valence-corrected chi connectivity index (χ1v) is 9.58. The topological polar surface area (TPSA) is 52.7 Å². The molecule has 2 aliphatic heterocycles. The number of nitrogens with zero attached hydrogens (tertiary/aromatic N) is 2. The maximum absolute atomic E-state index is 13.8. The molecule has 0 aliphatic carbocycles. The van der Waals surface area contributed by atoms with Crippen LogP contribution in [-0.4, -0.2) is 60.4 Å². The summed E-state index contributed by atoms with van der Waals surface area (Å²) in [4.78, 5) is 28.8. The lowest BCUT2D eigenvalue weighted by molar-refractivity contribution is -0.142. The zero-order chi connectivity index (χ0) is 18.5. The highest BCUT2D eigenvalue weighted by molar-refractivity contribution is 5.85. The van der Waals surface area contributed by atoms with E-state index < -0.39 is 0 Å². The molecule has 0 spiro atoms. The molecule has 150 valence electrons. The molecule has 2 saturated heterocycles. The fourth-order valence-electron chi connectivity index (χ4n) is 3.92. The van der Waals surface area contributed by atoms with E-state index in [9.17, 15) is 14.0 Å². The molecule has 2 amide bonds. The molecule has 5 nitrogen and oxygen atoms in total. The zero-order valence-corrected chi connectivity index (χ0v) is 16.6. The van der Waals surface area contributed by atoms with Gasteiger partial charge in [-0.1, -0.05) is 25.1 Å². The van der Waals surface area contributed by atoms with Crippen molar-refractivity contribution in [3.05, 3.63) is 35.6 Å². The van der Waals surface area contributed by atoms with Crippen LogP contribution >= 0.6 is 12.4 Å². The SMILES string of the molecule is CC(CCc1ccccc1F)C(=O)N1CCCC(N2CCNCC2=O)C1.Cl. The van der Waals surface area contributed by atoms with Gasteiger partial charge in [0.25, 0.3) is 0 Å². The van der Waals surface area contributed by atoms with Gasteiger partial charge in [-0.05, 0) is 37.3 Å². The number of carbonyl (C=O) groups excluding carboxylic acids is 2. The normalized spacial score (nSPS) is 21.6. The van der Waals surface area contributed by atoms with Crippen LogP contribution in [-0.2, 0) is 16.0 Å². The summed E-state index contributed by atoms with van der Waals surface area (Å²) in [6, 6.07) is 6.87. The summed E-state index contributed by atoms with van der Waals surface area (Å²) in [7, 11) is 0. The average molecular weight is 398 g/mol. The van der Waals surface area contributed by atoms with Crippen molar-refractivity contribution >= 4 is 24.2 Å². The molecule has 7 heteroatoms. The Labute approximate surface area is 166 Å². The third-order valence-electron chi connectivity index (χ3n) is 5.50. The van der Waals surface area contributed by atoms with E-state index in [2.05, 4.69) is 5.32 Å². The number of piperidine rings is 1. The van der Waals surface area contributed by atoms with Gasteiger partial charge in [-0.15, -0.1) is 12.4 Å². The van der Waals surface area contributed by atoms with Crippen molar-refractivity contribution in [3.8, 4) is 0 Å². The summed E-state index contributed by atoms with van der Waals surface area (Å²) in [5.41, 5.74) is 0.662. The number of halogens is 2. The Kier molecular flexibility index (Phi) is 8.05. The van der Waals surface area contributed by atoms with Gasteiger partial charge in [-0.3, -0.25) is 9.59 Å². The van der Waals surface area contributed by atoms with Gasteiger partial charge in [0.1, 0.15) is 5.82 Å². The smallest absolute Gasteiger partial charge is 0.236 e. The molecule has 1 aromatic rings. The minimum atomic E-state index is -0.206. The Hall–Kier alpha value is -1.66. The van der Waals surface area contributed by atoms with Gasteiger partial charge >= 0.3 is 0 Å². The van der Waals surface area contributed by atoms with Crippen molar-refractivity contribution < 1.29 is 14.0 Å². The maximum atomic E-state index is 13.8. The maximum Gasteiger partial charge on any atom is 0.236 e. The summed E-state index contributed by atoms with van der Waals surface area (Å²) in [6.45, 7) is 5.21. The quantitative estimate of drug-likeness (QED) is 0.829. The number of hydrogen-bond donors (Lipinski definition) is 1. The average Bonchev–Trinajstić information content (AvgIpc) is 2.67. The van der Waals surface area contributed by atoms with Crippen LogP contribution in [0.2, 0.25) is 0 Å². The van der Waals surface area contributed by atoms with Gasteiger partial charge in [0.2, 0.25) is 11.8 Å². The minimum Gasteiger partial charge on any atom is -0.340 e. The van der Waals surface area contributed by atoms with Crippen LogP contribution in [0.15, 0.2) is 24.3 Å². The van der Waals surface area contributed by atoms with Gasteiger partial charge in [0, 0.05) is 38.1 Å². The van der Waals surface area contributed by atoms with Crippen LogP contribution in [0.5, 0.6) is 0 Å². The highest BCUT2D eigenvalue weighted by Gasteiger charge is 2.32. The van der Waals surface area contributed by atoms with E-state index in [0.717, 1.165) is 25.9 Å². The lowest BCUT2D eigenvalue weighted by Crippen LogP contribution is -2.58. The fraction of sp³-hybridized carbons (Fsp3) is 0.600. The van der Waals surface area contributed by atoms with Crippen LogP contribution in [0.25, 0.3) is 0 Å². The molecular formula is C20H29ClFN3O2. The van der Waals surface area contributed by atoms with Gasteiger partial charge in [-0.2, -0.15) is 0 Å². The summed E-state index contributed by atoms with van der Waals surface area (Å²) in [5.74, 6) is -0.105. The highest BCUT2D eigenvalue weighted by Crippen LogP contribution is 2.21. The third kappa shape index (κ3) is 5.42. The second-order valence-corrected chi connectivity index (χ2v) is 7.38. The van der Waals surface area contributed by atoms with Crippen molar-refractivity contribution in [2.75, 3.05) is 32.7 Å². The van der Waals surface area contributed by atoms with Crippen molar-refractivity contribution in [2.24, 2.45) is 5.92 Å². The number of carbonyl (C=O) groups is 2. The number of likely N-dealkylation sites (tertiary alicyclic amines) is 1. The molecule has 0 saturated carbocycles. The molecular weight excluding hydrogens is 369 g/mol. The Morgan fingerprint density at radius 2 is 2.11 bits per heavy atom. The van der Waals surface area contributed by atoms with E-state index in [0.29, 0.717) is 38.0 Å². The summed E-state index contributed by atoms with van der Waals surface area (Å²) < 4.78 is 13.8. The molecule has 2 heterocycles. The molecule has 2 atom stereocenters. The number of piperazine rings is 1. The van der Waals surface area contributed by atoms with Crippen molar-refractivity contribution in [2.45, 2.75) is 38.6 Å². The molecule has 2 aliphatic rings. The monoisotopic (exact) mass is 397 g/mol. The molecule has 0 aromatic heterocycles. The Morgan fingerprint density at radius 3 is 2.85 bits per heavy atom. The predicted molar refractivity (Wildman–Crippen MR) is 105 cm³/mol. The second-order valence-electron chi connectivity index (χ2n) is 7.38. The van der Waals surface area contributed by atoms with Gasteiger partial charge in [0.05, 0.1) is 6.54 Å². The highest BCUT2D eigenvalue weighted by atomic mass is 35.5. The zero-order valence-electron chi connectivity index (χ0n) is 15.8. The van der Waals surface area contributed by atoms with Crippen LogP contribution < -0.4 is 5.32 Å². The second kappa shape index (κ2) is 10.0. The number of aryl methyl sites for hydroxylation is 1. The molecule has 27 heavy (non-hydrogen) atoms. The molecule has 1 aromatic carbocycles. The van der Waals surface area contributed by atoms with Crippen molar-refractivity contribution in [1.82, 2.24) is 15.1 Å². The first-order valence-electron chi connectivity index (χ1n) is 9.58. The predicted octanol–water partition coefficient (Wildman–Crippen LogP) is 2.24. The molecule has 1 N–H and O–H groups in total. The van der Waals surface area contributed by atoms with Crippen molar-refractivity contribution in [3.63, 3.8) is 0 Å². The number of rotatable bonds is 5. The minimum absolute atomic E-state index is 0. The largest absolute Gasteiger partial charge is 0.340 e. The number of nitrogens with one attached hydrogen (secondary N) is 1. The number of benzene rings is 1. The Morgan fingerprint density at radius 1 is 1.33 bits per heavy atom. The van der Waals surface area contributed by atoms with E-state index in [4.69, 9.17) is 0 Å². The number of amides is 2. The first-order chi connectivity index (χ1) is 12.6. The Bertz CT molecular complexity index is 658. The van der Waals surface area contributed by atoms with Crippen LogP contribution in [0.4, 0.5) is 4.39 Å². The van der Waals surface area contributed by atoms with Crippen LogP contribution in [0.3, 0.4) is 0 Å². The third-order valence-corrected chi connectivity index (χ3v) is 5.50. The van der Waals surface area contributed by atoms with Crippen LogP contribution in [0, 0.1) is 11.7 Å². The van der Waals surface area contributed by atoms with E-state index >= 15 is 0 Å². The first kappa shape index (κ1) is 21.6. The molecule has 3 rings (SSSR count). The molecule has 2 fully saturated rings. The standard InChI is InChI=1S/C20H28FN3O2.ClH/c1-15(8-9-16-5-2-3-7-18(16)21)20(26)23-11-4-6-17(14-23)24-12-10-22-13-19(24)25;/h2-3,5,7,15,17,22H,4,6,8-14H2,1H3;1H. The van der Waals surface area contributed by atoms with E-state index in [1.807, 2.05) is 22.8 Å². The van der Waals surface area contributed by atoms with Gasteiger partial charge < -0.3 is 15.1 Å². The lowest BCUT2D eigenvalue weighted by atomic mass is 9.97. The molecule has 0 bridgehead atoms. The lowest BCUT2D eigenvalue weighted by Gasteiger charge is -2.41. The molecule has 2 unspecified atom stereocenters.